The predicted molar refractivity (Wildman–Crippen MR) is 89.1 cm³/mol. The Morgan fingerprint density at radius 3 is 2.43 bits per heavy atom. The third-order valence-electron chi connectivity index (χ3n) is 2.97. The number of nitrogens with one attached hydrogen (secondary N) is 1. The molecule has 0 saturated carbocycles. The van der Waals surface area contributed by atoms with E-state index in [0.717, 1.165) is 14.7 Å². The molecule has 0 radical (unpaired) electrons. The van der Waals surface area contributed by atoms with Crippen LogP contribution in [0.1, 0.15) is 11.1 Å². The lowest BCUT2D eigenvalue weighted by Crippen LogP contribution is -1.90. The lowest BCUT2D eigenvalue weighted by Gasteiger charge is -2.08. The molecule has 4 nitrogen and oxygen atoms in total. The molecule has 1 heterocycles. The molecule has 2 aromatic carbocycles. The third-order valence-corrected chi connectivity index (χ3v) is 4.90. The molecule has 3 rings (SSSR count). The van der Waals surface area contributed by atoms with Gasteiger partial charge in [-0.15, -0.1) is 0 Å². The first-order valence-corrected chi connectivity index (χ1v) is 8.32. The summed E-state index contributed by atoms with van der Waals surface area (Å²) in [6.07, 6.45) is 3.38. The molecule has 3 aromatic rings. The lowest BCUT2D eigenvalue weighted by atomic mass is 10.1. The van der Waals surface area contributed by atoms with Crippen LogP contribution in [0.4, 0.5) is 0 Å². The van der Waals surface area contributed by atoms with E-state index in [2.05, 4.69) is 22.1 Å². The third kappa shape index (κ3) is 3.57. The van der Waals surface area contributed by atoms with Crippen molar-refractivity contribution in [2.75, 3.05) is 0 Å². The summed E-state index contributed by atoms with van der Waals surface area (Å²) in [5.41, 5.74) is 0.758. The fourth-order valence-corrected chi connectivity index (χ4v) is 3.85. The molecule has 0 amide bonds. The number of rotatable bonds is 4. The minimum absolute atomic E-state index is 0.377. The number of benzene rings is 2. The molecular weight excluding hydrogens is 324 g/mol. The molecule has 1 aromatic heterocycles. The van der Waals surface area contributed by atoms with Gasteiger partial charge in [0.25, 0.3) is 0 Å². The molecule has 23 heavy (non-hydrogen) atoms. The molecule has 0 spiro atoms. The molecule has 0 aliphatic carbocycles. The van der Waals surface area contributed by atoms with Crippen LogP contribution in [0.15, 0.2) is 74.7 Å². The van der Waals surface area contributed by atoms with Gasteiger partial charge < -0.3 is 4.98 Å². The van der Waals surface area contributed by atoms with Gasteiger partial charge in [-0.2, -0.15) is 10.5 Å². The minimum Gasteiger partial charge on any atom is -0.339 e. The van der Waals surface area contributed by atoms with Crippen LogP contribution in [-0.2, 0) is 0 Å². The van der Waals surface area contributed by atoms with Crippen molar-refractivity contribution in [3.63, 3.8) is 0 Å². The average molecular weight is 334 g/mol. The Balaban J connectivity index is 2.01. The Morgan fingerprint density at radius 1 is 0.957 bits per heavy atom. The Bertz CT molecular complexity index is 891. The first-order valence-electron chi connectivity index (χ1n) is 6.68. The normalized spacial score (nSPS) is 10.0. The van der Waals surface area contributed by atoms with E-state index in [1.807, 2.05) is 36.4 Å². The summed E-state index contributed by atoms with van der Waals surface area (Å²) < 4.78 is 0. The first-order chi connectivity index (χ1) is 11.3. The molecule has 0 unspecified atom stereocenters. The summed E-state index contributed by atoms with van der Waals surface area (Å²) >= 11 is 2.90. The van der Waals surface area contributed by atoms with Crippen LogP contribution in [-0.4, -0.2) is 9.97 Å². The van der Waals surface area contributed by atoms with E-state index < -0.39 is 0 Å². The molecule has 0 saturated heterocycles. The fraction of sp³-hybridized carbons (Fsp3) is 0. The van der Waals surface area contributed by atoms with Crippen molar-refractivity contribution in [3.05, 3.63) is 66.0 Å². The van der Waals surface area contributed by atoms with Crippen molar-refractivity contribution in [2.24, 2.45) is 0 Å². The van der Waals surface area contributed by atoms with Gasteiger partial charge in [0.05, 0.1) is 11.1 Å². The quantitative estimate of drug-likeness (QED) is 0.762. The van der Waals surface area contributed by atoms with Gasteiger partial charge in [0.15, 0.2) is 5.16 Å². The highest BCUT2D eigenvalue weighted by Gasteiger charge is 2.13. The maximum Gasteiger partial charge on any atom is 0.170 e. The number of hydrogen-bond acceptors (Lipinski definition) is 5. The van der Waals surface area contributed by atoms with Crippen LogP contribution < -0.4 is 0 Å². The van der Waals surface area contributed by atoms with Crippen LogP contribution in [0.2, 0.25) is 0 Å². The summed E-state index contributed by atoms with van der Waals surface area (Å²) in [6.45, 7) is 0. The topological polar surface area (TPSA) is 76.3 Å². The maximum atomic E-state index is 9.39. The van der Waals surface area contributed by atoms with Crippen molar-refractivity contribution < 1.29 is 0 Å². The Kier molecular flexibility index (Phi) is 4.68. The van der Waals surface area contributed by atoms with E-state index in [4.69, 9.17) is 0 Å². The first kappa shape index (κ1) is 15.2. The van der Waals surface area contributed by atoms with E-state index in [0.29, 0.717) is 16.3 Å². The van der Waals surface area contributed by atoms with E-state index in [-0.39, 0.29) is 0 Å². The zero-order chi connectivity index (χ0) is 16.1. The summed E-state index contributed by atoms with van der Waals surface area (Å²) in [7, 11) is 0. The summed E-state index contributed by atoms with van der Waals surface area (Å²) in [4.78, 5) is 9.88. The predicted octanol–water partition coefficient (Wildman–Crippen LogP) is 4.46. The Morgan fingerprint density at radius 2 is 1.78 bits per heavy atom. The summed E-state index contributed by atoms with van der Waals surface area (Å²) in [5.74, 6) is 0. The van der Waals surface area contributed by atoms with Gasteiger partial charge in [0, 0.05) is 27.1 Å². The summed E-state index contributed by atoms with van der Waals surface area (Å²) in [5, 5.41) is 19.4. The van der Waals surface area contributed by atoms with Gasteiger partial charge in [0.1, 0.15) is 12.1 Å². The fourth-order valence-electron chi connectivity index (χ4n) is 1.97. The molecule has 0 bridgehead atoms. The standard InChI is InChI=1S/C17H10N4S2/c18-10-12-8-14(22-13-4-2-1-3-5-13)9-16(15(12)11-19)23-17-20-6-7-21-17/h1-9H,(H,20,21). The van der Waals surface area contributed by atoms with E-state index >= 15 is 0 Å². The van der Waals surface area contributed by atoms with Gasteiger partial charge >= 0.3 is 0 Å². The summed E-state index contributed by atoms with van der Waals surface area (Å²) in [6, 6.07) is 17.8. The molecule has 0 aliphatic rings. The zero-order valence-corrected chi connectivity index (χ0v) is 13.5. The van der Waals surface area contributed by atoms with Crippen molar-refractivity contribution >= 4 is 23.5 Å². The highest BCUT2D eigenvalue weighted by atomic mass is 32.2. The van der Waals surface area contributed by atoms with E-state index in [9.17, 15) is 10.5 Å². The monoisotopic (exact) mass is 334 g/mol. The maximum absolute atomic E-state index is 9.39. The SMILES string of the molecule is N#Cc1cc(Sc2ccccc2)cc(Sc2ncc[nH]2)c1C#N. The van der Waals surface area contributed by atoms with Gasteiger partial charge in [-0.1, -0.05) is 41.7 Å². The van der Waals surface area contributed by atoms with Crippen LogP contribution >= 0.6 is 23.5 Å². The average Bonchev–Trinajstić information content (AvgIpc) is 3.08. The molecule has 6 heteroatoms. The Hall–Kier alpha value is -2.67. The smallest absolute Gasteiger partial charge is 0.170 e. The highest BCUT2D eigenvalue weighted by molar-refractivity contribution is 8.00. The lowest BCUT2D eigenvalue weighted by molar-refractivity contribution is 1.05. The number of imidazole rings is 1. The molecule has 0 fully saturated rings. The second-order valence-electron chi connectivity index (χ2n) is 4.48. The van der Waals surface area contributed by atoms with Gasteiger partial charge in [-0.3, -0.25) is 0 Å². The van der Waals surface area contributed by atoms with Crippen LogP contribution in [0, 0.1) is 22.7 Å². The molecule has 0 atom stereocenters. The molecular formula is C17H10N4S2. The van der Waals surface area contributed by atoms with Crippen molar-refractivity contribution in [1.29, 1.82) is 10.5 Å². The highest BCUT2D eigenvalue weighted by Crippen LogP contribution is 2.36. The van der Waals surface area contributed by atoms with Gasteiger partial charge in [-0.05, 0) is 24.3 Å². The number of H-pyrrole nitrogens is 1. The van der Waals surface area contributed by atoms with Crippen LogP contribution in [0.5, 0.6) is 0 Å². The van der Waals surface area contributed by atoms with Crippen molar-refractivity contribution in [3.8, 4) is 12.1 Å². The number of aromatic amines is 1. The van der Waals surface area contributed by atoms with Gasteiger partial charge in [0.2, 0.25) is 0 Å². The number of nitrogens with zero attached hydrogens (tertiary/aromatic N) is 3. The molecule has 1 N–H and O–H groups in total. The Labute approximate surface area is 142 Å². The van der Waals surface area contributed by atoms with E-state index in [1.165, 1.54) is 11.8 Å². The second-order valence-corrected chi connectivity index (χ2v) is 6.66. The van der Waals surface area contributed by atoms with Gasteiger partial charge in [-0.25, -0.2) is 4.98 Å². The second kappa shape index (κ2) is 7.06. The molecule has 0 aliphatic heterocycles. The molecule has 110 valence electrons. The number of nitriles is 2. The number of aromatic nitrogens is 2. The van der Waals surface area contributed by atoms with Crippen molar-refractivity contribution in [1.82, 2.24) is 9.97 Å². The van der Waals surface area contributed by atoms with Crippen LogP contribution in [0.25, 0.3) is 0 Å². The van der Waals surface area contributed by atoms with Crippen molar-refractivity contribution in [2.45, 2.75) is 19.8 Å². The largest absolute Gasteiger partial charge is 0.339 e. The minimum atomic E-state index is 0.377. The van der Waals surface area contributed by atoms with E-state index in [1.54, 1.807) is 30.2 Å². The number of hydrogen-bond donors (Lipinski definition) is 1. The van der Waals surface area contributed by atoms with Crippen LogP contribution in [0.3, 0.4) is 0 Å². The zero-order valence-electron chi connectivity index (χ0n) is 11.9.